The van der Waals surface area contributed by atoms with E-state index in [0.29, 0.717) is 10.7 Å². The van der Waals surface area contributed by atoms with Gasteiger partial charge in [0.1, 0.15) is 0 Å². The van der Waals surface area contributed by atoms with Crippen LogP contribution in [0.5, 0.6) is 0 Å². The van der Waals surface area contributed by atoms with Crippen molar-refractivity contribution < 1.29 is 22.7 Å². The number of hydrogen-bond acceptors (Lipinski definition) is 7. The summed E-state index contributed by atoms with van der Waals surface area (Å²) in [4.78, 5) is 29.5. The Labute approximate surface area is 190 Å². The molecular weight excluding hydrogens is 450 g/mol. The van der Waals surface area contributed by atoms with E-state index in [4.69, 9.17) is 4.74 Å². The Kier molecular flexibility index (Phi) is 7.39. The Bertz CT molecular complexity index is 1220. The lowest BCUT2D eigenvalue weighted by atomic mass is 10.1. The monoisotopic (exact) mass is 473 g/mol. The lowest BCUT2D eigenvalue weighted by molar-refractivity contribution is -0.123. The SMILES string of the molecule is CCNS(=O)(=O)c1ccc(C)c(C(=O)OC(C)C(=O)Nc2nc(-c3ccccc3)cs2)c1. The number of hydrogen-bond donors (Lipinski definition) is 2. The van der Waals surface area contributed by atoms with E-state index in [-0.39, 0.29) is 17.0 Å². The number of ether oxygens (including phenoxy) is 1. The van der Waals surface area contributed by atoms with E-state index in [1.807, 2.05) is 35.7 Å². The third-order valence-electron chi connectivity index (χ3n) is 4.53. The second kappa shape index (κ2) is 10.0. The van der Waals surface area contributed by atoms with E-state index in [9.17, 15) is 18.0 Å². The number of benzene rings is 2. The van der Waals surface area contributed by atoms with Gasteiger partial charge >= 0.3 is 5.97 Å². The van der Waals surface area contributed by atoms with Crippen LogP contribution in [0.15, 0.2) is 58.8 Å². The first-order valence-electron chi connectivity index (χ1n) is 9.84. The zero-order chi connectivity index (χ0) is 23.3. The van der Waals surface area contributed by atoms with Crippen molar-refractivity contribution in [3.8, 4) is 11.3 Å². The van der Waals surface area contributed by atoms with E-state index in [1.54, 1.807) is 13.8 Å². The molecule has 32 heavy (non-hydrogen) atoms. The zero-order valence-electron chi connectivity index (χ0n) is 17.8. The van der Waals surface area contributed by atoms with Gasteiger partial charge in [0.2, 0.25) is 10.0 Å². The first kappa shape index (κ1) is 23.6. The molecule has 10 heteroatoms. The van der Waals surface area contributed by atoms with Crippen LogP contribution in [0.1, 0.15) is 29.8 Å². The molecule has 1 amide bonds. The van der Waals surface area contributed by atoms with E-state index in [1.165, 1.54) is 36.5 Å². The summed E-state index contributed by atoms with van der Waals surface area (Å²) in [7, 11) is -3.73. The van der Waals surface area contributed by atoms with E-state index in [0.717, 1.165) is 11.3 Å². The standard InChI is InChI=1S/C22H23N3O5S2/c1-4-23-32(28,29)17-11-10-14(2)18(12-17)21(27)30-15(3)20(26)25-22-24-19(13-31-22)16-8-6-5-7-9-16/h5-13,15,23H,4H2,1-3H3,(H,24,25,26). The van der Waals surface area contributed by atoms with Gasteiger partial charge in [0, 0.05) is 17.5 Å². The lowest BCUT2D eigenvalue weighted by Gasteiger charge is -2.14. The Balaban J connectivity index is 1.68. The molecule has 0 radical (unpaired) electrons. The van der Waals surface area contributed by atoms with Crippen molar-refractivity contribution in [1.82, 2.24) is 9.71 Å². The predicted molar refractivity (Wildman–Crippen MR) is 123 cm³/mol. The van der Waals surface area contributed by atoms with Gasteiger partial charge in [0.25, 0.3) is 5.91 Å². The number of nitrogens with zero attached hydrogens (tertiary/aromatic N) is 1. The third-order valence-corrected chi connectivity index (χ3v) is 6.83. The molecule has 0 spiro atoms. The van der Waals surface area contributed by atoms with Gasteiger partial charge in [-0.05, 0) is 31.5 Å². The minimum atomic E-state index is -3.73. The predicted octanol–water partition coefficient (Wildman–Crippen LogP) is 3.60. The van der Waals surface area contributed by atoms with Gasteiger partial charge in [0.15, 0.2) is 11.2 Å². The molecule has 1 atom stereocenters. The maximum Gasteiger partial charge on any atom is 0.339 e. The molecule has 2 aromatic carbocycles. The van der Waals surface area contributed by atoms with Gasteiger partial charge in [-0.1, -0.05) is 43.3 Å². The van der Waals surface area contributed by atoms with Crippen molar-refractivity contribution in [2.45, 2.75) is 31.8 Å². The summed E-state index contributed by atoms with van der Waals surface area (Å²) in [6.07, 6.45) is -1.11. The summed E-state index contributed by atoms with van der Waals surface area (Å²) < 4.78 is 32.1. The van der Waals surface area contributed by atoms with Crippen molar-refractivity contribution >= 4 is 38.4 Å². The van der Waals surface area contributed by atoms with Crippen LogP contribution in [0.3, 0.4) is 0 Å². The normalized spacial score (nSPS) is 12.2. The third kappa shape index (κ3) is 5.58. The molecule has 2 N–H and O–H groups in total. The number of nitrogens with one attached hydrogen (secondary N) is 2. The fourth-order valence-corrected chi connectivity index (χ4v) is 4.61. The molecule has 1 unspecified atom stereocenters. The van der Waals surface area contributed by atoms with Gasteiger partial charge in [0.05, 0.1) is 16.2 Å². The molecule has 0 bridgehead atoms. The van der Waals surface area contributed by atoms with Crippen LogP contribution in [0.4, 0.5) is 5.13 Å². The second-order valence-corrected chi connectivity index (χ2v) is 9.54. The highest BCUT2D eigenvalue weighted by atomic mass is 32.2. The number of carbonyl (C=O) groups is 2. The molecule has 1 heterocycles. The van der Waals surface area contributed by atoms with Crippen LogP contribution in [-0.4, -0.2) is 37.9 Å². The molecule has 168 valence electrons. The number of amides is 1. The number of anilines is 1. The van der Waals surface area contributed by atoms with Gasteiger partial charge in [-0.3, -0.25) is 10.1 Å². The minimum Gasteiger partial charge on any atom is -0.449 e. The topological polar surface area (TPSA) is 114 Å². The van der Waals surface area contributed by atoms with Gasteiger partial charge in [-0.2, -0.15) is 0 Å². The molecule has 8 nitrogen and oxygen atoms in total. The smallest absolute Gasteiger partial charge is 0.339 e. The first-order chi connectivity index (χ1) is 15.2. The fraction of sp³-hybridized carbons (Fsp3) is 0.227. The Morgan fingerprint density at radius 3 is 2.56 bits per heavy atom. The van der Waals surface area contributed by atoms with Crippen LogP contribution in [0.2, 0.25) is 0 Å². The van der Waals surface area contributed by atoms with Crippen molar-refractivity contribution in [2.75, 3.05) is 11.9 Å². The highest BCUT2D eigenvalue weighted by molar-refractivity contribution is 7.89. The van der Waals surface area contributed by atoms with Crippen LogP contribution >= 0.6 is 11.3 Å². The van der Waals surface area contributed by atoms with Crippen LogP contribution in [0, 0.1) is 6.92 Å². The van der Waals surface area contributed by atoms with Crippen molar-refractivity contribution in [3.63, 3.8) is 0 Å². The maximum absolute atomic E-state index is 12.6. The number of aromatic nitrogens is 1. The molecule has 1 aromatic heterocycles. The van der Waals surface area contributed by atoms with Crippen molar-refractivity contribution in [3.05, 3.63) is 65.0 Å². The molecule has 3 aromatic rings. The van der Waals surface area contributed by atoms with Gasteiger partial charge in [-0.15, -0.1) is 11.3 Å². The molecule has 0 fully saturated rings. The zero-order valence-corrected chi connectivity index (χ0v) is 19.4. The van der Waals surface area contributed by atoms with E-state index < -0.39 is 28.0 Å². The van der Waals surface area contributed by atoms with Gasteiger partial charge in [-0.25, -0.2) is 22.9 Å². The number of carbonyl (C=O) groups excluding carboxylic acids is 2. The second-order valence-electron chi connectivity index (χ2n) is 6.92. The largest absolute Gasteiger partial charge is 0.449 e. The number of aryl methyl sites for hydroxylation is 1. The van der Waals surface area contributed by atoms with Crippen molar-refractivity contribution in [1.29, 1.82) is 0 Å². The average Bonchev–Trinajstić information content (AvgIpc) is 3.22. The van der Waals surface area contributed by atoms with Crippen LogP contribution in [0.25, 0.3) is 11.3 Å². The lowest BCUT2D eigenvalue weighted by Crippen LogP contribution is -2.30. The van der Waals surface area contributed by atoms with E-state index in [2.05, 4.69) is 15.0 Å². The molecule has 3 rings (SSSR count). The van der Waals surface area contributed by atoms with Crippen LogP contribution < -0.4 is 10.0 Å². The molecule has 0 aliphatic heterocycles. The number of sulfonamides is 1. The summed E-state index contributed by atoms with van der Waals surface area (Å²) in [6.45, 7) is 4.97. The Morgan fingerprint density at radius 2 is 1.88 bits per heavy atom. The highest BCUT2D eigenvalue weighted by Gasteiger charge is 2.23. The Hall–Kier alpha value is -3.08. The quantitative estimate of drug-likeness (QED) is 0.483. The summed E-state index contributed by atoms with van der Waals surface area (Å²) in [5.41, 5.74) is 2.26. The first-order valence-corrected chi connectivity index (χ1v) is 12.2. The molecular formula is C22H23N3O5S2. The van der Waals surface area contributed by atoms with Gasteiger partial charge < -0.3 is 4.74 Å². The average molecular weight is 474 g/mol. The number of rotatable bonds is 8. The number of esters is 1. The fourth-order valence-electron chi connectivity index (χ4n) is 2.82. The van der Waals surface area contributed by atoms with Crippen molar-refractivity contribution in [2.24, 2.45) is 0 Å². The maximum atomic E-state index is 12.6. The summed E-state index contributed by atoms with van der Waals surface area (Å²) in [5, 5.41) is 4.84. The number of thiazole rings is 1. The summed E-state index contributed by atoms with van der Waals surface area (Å²) >= 11 is 1.26. The Morgan fingerprint density at radius 1 is 1.16 bits per heavy atom. The highest BCUT2D eigenvalue weighted by Crippen LogP contribution is 2.25. The van der Waals surface area contributed by atoms with E-state index >= 15 is 0 Å². The minimum absolute atomic E-state index is 0.0507. The summed E-state index contributed by atoms with van der Waals surface area (Å²) in [5.74, 6) is -1.33. The molecule has 0 aliphatic carbocycles. The molecule has 0 aliphatic rings. The molecule has 0 saturated carbocycles. The summed E-state index contributed by atoms with van der Waals surface area (Å²) in [6, 6.07) is 13.7. The molecule has 0 saturated heterocycles. The van der Waals surface area contributed by atoms with Crippen LogP contribution in [-0.2, 0) is 19.6 Å².